The van der Waals surface area contributed by atoms with Crippen molar-refractivity contribution in [3.8, 4) is 5.75 Å². The summed E-state index contributed by atoms with van der Waals surface area (Å²) in [7, 11) is 1.60. The summed E-state index contributed by atoms with van der Waals surface area (Å²) < 4.78 is 6.03. The zero-order valence-corrected chi connectivity index (χ0v) is 10.7. The second-order valence-electron chi connectivity index (χ2n) is 3.65. The minimum Gasteiger partial charge on any atom is -0.497 e. The maximum Gasteiger partial charge on any atom is 0.119 e. The largest absolute Gasteiger partial charge is 0.497 e. The van der Waals surface area contributed by atoms with E-state index in [1.54, 1.807) is 20.1 Å². The maximum absolute atomic E-state index is 9.91. The molecular formula is C11H16BrNO2. The van der Waals surface area contributed by atoms with Crippen molar-refractivity contribution in [3.63, 3.8) is 0 Å². The molecule has 0 aromatic heterocycles. The summed E-state index contributed by atoms with van der Waals surface area (Å²) >= 11 is 3.44. The van der Waals surface area contributed by atoms with Crippen LogP contribution in [0.25, 0.3) is 0 Å². The van der Waals surface area contributed by atoms with Crippen LogP contribution in [0.1, 0.15) is 24.2 Å². The average Bonchev–Trinajstić information content (AvgIpc) is 2.20. The summed E-state index contributed by atoms with van der Waals surface area (Å²) in [5, 5.41) is 9.91. The Morgan fingerprint density at radius 1 is 1.47 bits per heavy atom. The summed E-state index contributed by atoms with van der Waals surface area (Å²) in [6.45, 7) is 3.72. The number of hydrogen-bond acceptors (Lipinski definition) is 3. The first kappa shape index (κ1) is 12.5. The first-order chi connectivity index (χ1) is 6.97. The summed E-state index contributed by atoms with van der Waals surface area (Å²) in [6.07, 6.45) is -0.687. The standard InChI is InChI=1S/C11H16BrNO2/c1-6-4-8(15-3)5-9(10(6)12)11(14)7(2)13/h4-5,7,11,14H,13H2,1-3H3. The fourth-order valence-corrected chi connectivity index (χ4v) is 1.84. The molecule has 3 nitrogen and oxygen atoms in total. The Morgan fingerprint density at radius 2 is 2.07 bits per heavy atom. The lowest BCUT2D eigenvalue weighted by Crippen LogP contribution is -2.24. The third kappa shape index (κ3) is 2.71. The Bertz CT molecular complexity index is 353. The molecule has 0 aliphatic heterocycles. The van der Waals surface area contributed by atoms with Crippen molar-refractivity contribution in [2.24, 2.45) is 5.73 Å². The van der Waals surface area contributed by atoms with E-state index in [4.69, 9.17) is 10.5 Å². The molecule has 4 heteroatoms. The van der Waals surface area contributed by atoms with E-state index in [0.29, 0.717) is 0 Å². The van der Waals surface area contributed by atoms with E-state index in [0.717, 1.165) is 21.3 Å². The summed E-state index contributed by atoms with van der Waals surface area (Å²) in [6, 6.07) is 3.39. The van der Waals surface area contributed by atoms with Crippen LogP contribution < -0.4 is 10.5 Å². The zero-order chi connectivity index (χ0) is 11.6. The number of aliphatic hydroxyl groups excluding tert-OH is 1. The Hall–Kier alpha value is -0.580. The van der Waals surface area contributed by atoms with Crippen molar-refractivity contribution >= 4 is 15.9 Å². The predicted octanol–water partition coefficient (Wildman–Crippen LogP) is 2.15. The lowest BCUT2D eigenvalue weighted by Gasteiger charge is -2.18. The van der Waals surface area contributed by atoms with Gasteiger partial charge in [0.2, 0.25) is 0 Å². The van der Waals surface area contributed by atoms with Crippen molar-refractivity contribution < 1.29 is 9.84 Å². The van der Waals surface area contributed by atoms with Gasteiger partial charge in [0.15, 0.2) is 0 Å². The van der Waals surface area contributed by atoms with E-state index >= 15 is 0 Å². The summed E-state index contributed by atoms with van der Waals surface area (Å²) in [4.78, 5) is 0. The highest BCUT2D eigenvalue weighted by Crippen LogP contribution is 2.32. The molecular weight excluding hydrogens is 258 g/mol. The highest BCUT2D eigenvalue weighted by Gasteiger charge is 2.17. The summed E-state index contributed by atoms with van der Waals surface area (Å²) in [5.74, 6) is 0.727. The molecule has 1 aromatic rings. The number of rotatable bonds is 3. The number of ether oxygens (including phenoxy) is 1. The molecule has 0 radical (unpaired) electrons. The van der Waals surface area contributed by atoms with E-state index in [-0.39, 0.29) is 6.04 Å². The van der Waals surface area contributed by atoms with Gasteiger partial charge in [-0.3, -0.25) is 0 Å². The van der Waals surface area contributed by atoms with Gasteiger partial charge in [-0.2, -0.15) is 0 Å². The Kier molecular flexibility index (Phi) is 4.13. The van der Waals surface area contributed by atoms with Gasteiger partial charge < -0.3 is 15.6 Å². The fraction of sp³-hybridized carbons (Fsp3) is 0.455. The van der Waals surface area contributed by atoms with Gasteiger partial charge in [-0.05, 0) is 31.5 Å². The van der Waals surface area contributed by atoms with E-state index in [2.05, 4.69) is 15.9 Å². The number of nitrogens with two attached hydrogens (primary N) is 1. The molecule has 0 fully saturated rings. The SMILES string of the molecule is COc1cc(C)c(Br)c(C(O)C(C)N)c1. The number of aliphatic hydroxyl groups is 1. The average molecular weight is 274 g/mol. The molecule has 1 rings (SSSR count). The molecule has 0 aliphatic rings. The molecule has 15 heavy (non-hydrogen) atoms. The number of aryl methyl sites for hydroxylation is 1. The highest BCUT2D eigenvalue weighted by molar-refractivity contribution is 9.10. The van der Waals surface area contributed by atoms with Gasteiger partial charge >= 0.3 is 0 Å². The van der Waals surface area contributed by atoms with Gasteiger partial charge in [-0.25, -0.2) is 0 Å². The van der Waals surface area contributed by atoms with Crippen molar-refractivity contribution in [1.29, 1.82) is 0 Å². The van der Waals surface area contributed by atoms with Crippen LogP contribution in [-0.4, -0.2) is 18.3 Å². The van der Waals surface area contributed by atoms with E-state index in [1.165, 1.54) is 0 Å². The Morgan fingerprint density at radius 3 is 2.53 bits per heavy atom. The number of hydrogen-bond donors (Lipinski definition) is 2. The summed E-state index contributed by atoms with van der Waals surface area (Å²) in [5.41, 5.74) is 7.45. The molecule has 0 saturated heterocycles. The monoisotopic (exact) mass is 273 g/mol. The Balaban J connectivity index is 3.21. The van der Waals surface area contributed by atoms with Crippen molar-refractivity contribution in [1.82, 2.24) is 0 Å². The predicted molar refractivity (Wildman–Crippen MR) is 64.0 cm³/mol. The van der Waals surface area contributed by atoms with Crippen LogP contribution in [0.2, 0.25) is 0 Å². The lowest BCUT2D eigenvalue weighted by molar-refractivity contribution is 0.152. The van der Waals surface area contributed by atoms with Crippen molar-refractivity contribution in [3.05, 3.63) is 27.7 Å². The van der Waals surface area contributed by atoms with Crippen molar-refractivity contribution in [2.45, 2.75) is 26.0 Å². The van der Waals surface area contributed by atoms with Gasteiger partial charge in [-0.1, -0.05) is 15.9 Å². The first-order valence-corrected chi connectivity index (χ1v) is 5.54. The van der Waals surface area contributed by atoms with Crippen LogP contribution in [-0.2, 0) is 0 Å². The molecule has 0 aliphatic carbocycles. The van der Waals surface area contributed by atoms with Crippen LogP contribution in [0.3, 0.4) is 0 Å². The molecule has 0 spiro atoms. The van der Waals surface area contributed by atoms with Crippen LogP contribution in [0, 0.1) is 6.92 Å². The van der Waals surface area contributed by atoms with Crippen molar-refractivity contribution in [2.75, 3.05) is 7.11 Å². The maximum atomic E-state index is 9.91. The quantitative estimate of drug-likeness (QED) is 0.888. The van der Waals surface area contributed by atoms with Gasteiger partial charge in [0.1, 0.15) is 5.75 Å². The normalized spacial score (nSPS) is 14.8. The van der Waals surface area contributed by atoms with E-state index in [9.17, 15) is 5.11 Å². The van der Waals surface area contributed by atoms with Crippen LogP contribution in [0.4, 0.5) is 0 Å². The lowest BCUT2D eigenvalue weighted by atomic mass is 10.0. The van der Waals surface area contributed by atoms with Gasteiger partial charge in [0.05, 0.1) is 13.2 Å². The second-order valence-corrected chi connectivity index (χ2v) is 4.44. The minimum absolute atomic E-state index is 0.312. The molecule has 2 atom stereocenters. The topological polar surface area (TPSA) is 55.5 Å². The molecule has 3 N–H and O–H groups in total. The fourth-order valence-electron chi connectivity index (χ4n) is 1.38. The van der Waals surface area contributed by atoms with Crippen LogP contribution >= 0.6 is 15.9 Å². The van der Waals surface area contributed by atoms with Gasteiger partial charge in [0, 0.05) is 16.1 Å². The second kappa shape index (κ2) is 4.96. The van der Waals surface area contributed by atoms with E-state index in [1.807, 2.05) is 13.0 Å². The minimum atomic E-state index is -0.687. The smallest absolute Gasteiger partial charge is 0.119 e. The Labute approximate surface area is 98.4 Å². The molecule has 1 aromatic carbocycles. The molecule has 0 saturated carbocycles. The van der Waals surface area contributed by atoms with Crippen LogP contribution in [0.5, 0.6) is 5.75 Å². The van der Waals surface area contributed by atoms with Gasteiger partial charge in [-0.15, -0.1) is 0 Å². The molecule has 0 heterocycles. The number of benzene rings is 1. The number of methoxy groups -OCH3 is 1. The van der Waals surface area contributed by atoms with Crippen LogP contribution in [0.15, 0.2) is 16.6 Å². The zero-order valence-electron chi connectivity index (χ0n) is 9.12. The third-order valence-corrected chi connectivity index (χ3v) is 3.39. The molecule has 84 valence electrons. The molecule has 2 unspecified atom stereocenters. The molecule has 0 bridgehead atoms. The third-order valence-electron chi connectivity index (χ3n) is 2.31. The van der Waals surface area contributed by atoms with E-state index < -0.39 is 6.10 Å². The first-order valence-electron chi connectivity index (χ1n) is 4.75. The molecule has 0 amide bonds. The van der Waals surface area contributed by atoms with Gasteiger partial charge in [0.25, 0.3) is 0 Å². The number of halogens is 1. The highest BCUT2D eigenvalue weighted by atomic mass is 79.9.